The summed E-state index contributed by atoms with van der Waals surface area (Å²) in [5.41, 5.74) is 7.93. The first-order valence-corrected chi connectivity index (χ1v) is 6.95. The molecule has 20 heavy (non-hydrogen) atoms. The maximum atomic E-state index is 12.2. The molecule has 1 unspecified atom stereocenters. The first-order chi connectivity index (χ1) is 9.69. The third-order valence-corrected chi connectivity index (χ3v) is 3.53. The van der Waals surface area contributed by atoms with Crippen LogP contribution in [0.5, 0.6) is 0 Å². The van der Waals surface area contributed by atoms with Crippen molar-refractivity contribution in [2.24, 2.45) is 5.73 Å². The first-order valence-electron chi connectivity index (χ1n) is 6.95. The number of nitrogens with two attached hydrogens (primary N) is 1. The maximum Gasteiger partial charge on any atom is 0.245 e. The zero-order valence-corrected chi connectivity index (χ0v) is 12.1. The Labute approximate surface area is 119 Å². The predicted octanol–water partition coefficient (Wildman–Crippen LogP) is 0.190. The van der Waals surface area contributed by atoms with Gasteiger partial charge in [0.2, 0.25) is 5.91 Å². The molecule has 1 atom stereocenters. The van der Waals surface area contributed by atoms with Crippen LogP contribution in [-0.4, -0.2) is 43.2 Å². The van der Waals surface area contributed by atoms with E-state index >= 15 is 0 Å². The normalized spacial score (nSPS) is 18.9. The fourth-order valence-electron chi connectivity index (χ4n) is 2.44. The number of anilines is 1. The molecule has 0 bridgehead atoms. The van der Waals surface area contributed by atoms with Gasteiger partial charge in [0.1, 0.15) is 11.9 Å². The molecule has 0 aromatic carbocycles. The number of likely N-dealkylation sites (N-methyl/N-ethyl adjacent to an activating group) is 1. The second-order valence-corrected chi connectivity index (χ2v) is 4.81. The molecule has 1 aromatic heterocycles. The molecule has 1 saturated heterocycles. The van der Waals surface area contributed by atoms with Crippen LogP contribution in [0.2, 0.25) is 0 Å². The SMILES string of the molecule is CCNC(=O)C1COCCN1c1nccc(C)c1CN. The molecule has 1 amide bonds. The van der Waals surface area contributed by atoms with Crippen LogP contribution in [0, 0.1) is 6.92 Å². The van der Waals surface area contributed by atoms with Crippen molar-refractivity contribution in [3.05, 3.63) is 23.4 Å². The standard InChI is InChI=1S/C14H22N4O2/c1-3-16-14(19)12-9-20-7-6-18(12)13-11(8-15)10(2)4-5-17-13/h4-5,12H,3,6-9,15H2,1-2H3,(H,16,19). The largest absolute Gasteiger partial charge is 0.377 e. The van der Waals surface area contributed by atoms with Gasteiger partial charge in [-0.1, -0.05) is 0 Å². The van der Waals surface area contributed by atoms with Crippen LogP contribution in [0.4, 0.5) is 5.82 Å². The summed E-state index contributed by atoms with van der Waals surface area (Å²) in [7, 11) is 0. The van der Waals surface area contributed by atoms with Gasteiger partial charge in [0.15, 0.2) is 0 Å². The van der Waals surface area contributed by atoms with Gasteiger partial charge in [-0.15, -0.1) is 0 Å². The molecule has 0 spiro atoms. The minimum Gasteiger partial charge on any atom is -0.377 e. The zero-order chi connectivity index (χ0) is 14.5. The summed E-state index contributed by atoms with van der Waals surface area (Å²) in [5, 5.41) is 2.85. The second-order valence-electron chi connectivity index (χ2n) is 4.81. The number of aryl methyl sites for hydroxylation is 1. The van der Waals surface area contributed by atoms with Gasteiger partial charge < -0.3 is 20.7 Å². The molecule has 6 heteroatoms. The fourth-order valence-corrected chi connectivity index (χ4v) is 2.44. The number of pyridine rings is 1. The Kier molecular flexibility index (Phi) is 4.92. The molecule has 0 saturated carbocycles. The lowest BCUT2D eigenvalue weighted by Crippen LogP contribution is -2.54. The van der Waals surface area contributed by atoms with E-state index in [9.17, 15) is 4.79 Å². The molecule has 0 aliphatic carbocycles. The van der Waals surface area contributed by atoms with Gasteiger partial charge in [0.05, 0.1) is 13.2 Å². The van der Waals surface area contributed by atoms with Crippen LogP contribution < -0.4 is 16.0 Å². The topological polar surface area (TPSA) is 80.5 Å². The van der Waals surface area contributed by atoms with E-state index in [-0.39, 0.29) is 11.9 Å². The zero-order valence-electron chi connectivity index (χ0n) is 12.1. The van der Waals surface area contributed by atoms with E-state index in [1.165, 1.54) is 0 Å². The molecule has 1 aliphatic heterocycles. The van der Waals surface area contributed by atoms with Crippen LogP contribution in [0.1, 0.15) is 18.1 Å². The molecule has 110 valence electrons. The van der Waals surface area contributed by atoms with Crippen molar-refractivity contribution < 1.29 is 9.53 Å². The van der Waals surface area contributed by atoms with Gasteiger partial charge in [-0.2, -0.15) is 0 Å². The highest BCUT2D eigenvalue weighted by Gasteiger charge is 2.31. The van der Waals surface area contributed by atoms with Gasteiger partial charge in [0.25, 0.3) is 0 Å². The summed E-state index contributed by atoms with van der Waals surface area (Å²) in [6.45, 7) is 6.55. The molecule has 1 fully saturated rings. The smallest absolute Gasteiger partial charge is 0.245 e. The molecular formula is C14H22N4O2. The van der Waals surface area contributed by atoms with Crippen molar-refractivity contribution in [2.75, 3.05) is 31.2 Å². The fraction of sp³-hybridized carbons (Fsp3) is 0.571. The number of hydrogen-bond acceptors (Lipinski definition) is 5. The average Bonchev–Trinajstić information content (AvgIpc) is 2.47. The van der Waals surface area contributed by atoms with Crippen molar-refractivity contribution in [3.8, 4) is 0 Å². The lowest BCUT2D eigenvalue weighted by atomic mass is 10.1. The van der Waals surface area contributed by atoms with E-state index < -0.39 is 0 Å². The number of nitrogens with one attached hydrogen (secondary N) is 1. The number of hydrogen-bond donors (Lipinski definition) is 2. The third kappa shape index (κ3) is 2.91. The summed E-state index contributed by atoms with van der Waals surface area (Å²) in [5.74, 6) is 0.769. The van der Waals surface area contributed by atoms with E-state index in [2.05, 4.69) is 10.3 Å². The number of rotatable bonds is 4. The van der Waals surface area contributed by atoms with Crippen molar-refractivity contribution in [3.63, 3.8) is 0 Å². The predicted molar refractivity (Wildman–Crippen MR) is 77.5 cm³/mol. The van der Waals surface area contributed by atoms with Crippen LogP contribution in [0.25, 0.3) is 0 Å². The van der Waals surface area contributed by atoms with Crippen LogP contribution in [0.3, 0.4) is 0 Å². The first kappa shape index (κ1) is 14.7. The van der Waals surface area contributed by atoms with Gasteiger partial charge in [-0.05, 0) is 25.5 Å². The minimum atomic E-state index is -0.344. The van der Waals surface area contributed by atoms with Crippen LogP contribution in [-0.2, 0) is 16.1 Å². The van der Waals surface area contributed by atoms with Gasteiger partial charge >= 0.3 is 0 Å². The highest BCUT2D eigenvalue weighted by molar-refractivity contribution is 5.85. The van der Waals surface area contributed by atoms with Gasteiger partial charge in [-0.25, -0.2) is 4.98 Å². The molecular weight excluding hydrogens is 256 g/mol. The molecule has 0 radical (unpaired) electrons. The molecule has 3 N–H and O–H groups in total. The molecule has 2 heterocycles. The van der Waals surface area contributed by atoms with Crippen molar-refractivity contribution in [2.45, 2.75) is 26.4 Å². The Bertz CT molecular complexity index is 478. The number of carbonyl (C=O) groups is 1. The summed E-state index contributed by atoms with van der Waals surface area (Å²) < 4.78 is 5.44. The molecule has 1 aromatic rings. The number of morpholine rings is 1. The van der Waals surface area contributed by atoms with E-state index in [0.717, 1.165) is 16.9 Å². The maximum absolute atomic E-state index is 12.2. The van der Waals surface area contributed by atoms with Crippen LogP contribution >= 0.6 is 0 Å². The quantitative estimate of drug-likeness (QED) is 0.822. The number of carbonyl (C=O) groups excluding carboxylic acids is 1. The van der Waals surface area contributed by atoms with E-state index in [1.807, 2.05) is 24.8 Å². The van der Waals surface area contributed by atoms with Gasteiger partial charge in [0, 0.05) is 31.4 Å². The summed E-state index contributed by atoms with van der Waals surface area (Å²) in [4.78, 5) is 18.6. The van der Waals surface area contributed by atoms with E-state index in [1.54, 1.807) is 6.20 Å². The van der Waals surface area contributed by atoms with Gasteiger partial charge in [-0.3, -0.25) is 4.79 Å². The van der Waals surface area contributed by atoms with E-state index in [4.69, 9.17) is 10.5 Å². The van der Waals surface area contributed by atoms with Crippen LogP contribution in [0.15, 0.2) is 12.3 Å². The second kappa shape index (κ2) is 6.67. The Balaban J connectivity index is 2.32. The molecule has 6 nitrogen and oxygen atoms in total. The number of nitrogens with zero attached hydrogens (tertiary/aromatic N) is 2. The highest BCUT2D eigenvalue weighted by Crippen LogP contribution is 2.24. The Morgan fingerprint density at radius 1 is 1.65 bits per heavy atom. The Hall–Kier alpha value is -1.66. The van der Waals surface area contributed by atoms with E-state index in [0.29, 0.717) is 32.8 Å². The summed E-state index contributed by atoms with van der Waals surface area (Å²) in [6, 6.07) is 1.59. The average molecular weight is 278 g/mol. The van der Waals surface area contributed by atoms with Crippen molar-refractivity contribution in [1.29, 1.82) is 0 Å². The summed E-state index contributed by atoms with van der Waals surface area (Å²) in [6.07, 6.45) is 1.76. The lowest BCUT2D eigenvalue weighted by Gasteiger charge is -2.36. The Morgan fingerprint density at radius 3 is 3.15 bits per heavy atom. The number of ether oxygens (including phenoxy) is 1. The van der Waals surface area contributed by atoms with Crippen molar-refractivity contribution >= 4 is 11.7 Å². The highest BCUT2D eigenvalue weighted by atomic mass is 16.5. The molecule has 1 aliphatic rings. The van der Waals surface area contributed by atoms with Crippen molar-refractivity contribution in [1.82, 2.24) is 10.3 Å². The Morgan fingerprint density at radius 2 is 2.45 bits per heavy atom. The minimum absolute atomic E-state index is 0.0292. The monoisotopic (exact) mass is 278 g/mol. The number of amides is 1. The lowest BCUT2D eigenvalue weighted by molar-refractivity contribution is -0.124. The summed E-state index contributed by atoms with van der Waals surface area (Å²) >= 11 is 0. The number of aromatic nitrogens is 1. The third-order valence-electron chi connectivity index (χ3n) is 3.53. The molecule has 2 rings (SSSR count).